The van der Waals surface area contributed by atoms with Gasteiger partial charge in [-0.05, 0) is 11.1 Å². The maximum atomic E-state index is 11.9. The fraction of sp³-hybridized carbons (Fsp3) is 0.300. The summed E-state index contributed by atoms with van der Waals surface area (Å²) in [4.78, 5) is 23.8. The van der Waals surface area contributed by atoms with Gasteiger partial charge in [-0.1, -0.05) is 60.7 Å². The van der Waals surface area contributed by atoms with E-state index in [0.717, 1.165) is 11.1 Å². The van der Waals surface area contributed by atoms with Gasteiger partial charge in [0.25, 0.3) is 0 Å². The van der Waals surface area contributed by atoms with E-state index in [0.29, 0.717) is 0 Å². The van der Waals surface area contributed by atoms with E-state index in [1.165, 1.54) is 0 Å². The first kappa shape index (κ1) is 21.3. The number of carbonyl (C=O) groups is 2. The molecule has 144 valence electrons. The minimum absolute atomic E-state index is 0.107. The Kier molecular flexibility index (Phi) is 9.24. The first-order valence-electron chi connectivity index (χ1n) is 8.46. The molecule has 0 heterocycles. The summed E-state index contributed by atoms with van der Waals surface area (Å²) in [6, 6.07) is 18.3. The van der Waals surface area contributed by atoms with Crippen molar-refractivity contribution in [3.63, 3.8) is 0 Å². The summed E-state index contributed by atoms with van der Waals surface area (Å²) in [6.45, 7) is 0.634. The molecule has 0 amide bonds. The molecule has 0 saturated heterocycles. The first-order valence-corrected chi connectivity index (χ1v) is 9.50. The van der Waals surface area contributed by atoms with Crippen LogP contribution in [0.3, 0.4) is 0 Å². The third-order valence-corrected chi connectivity index (χ3v) is 4.64. The fourth-order valence-corrected chi connectivity index (χ4v) is 2.70. The molecule has 0 N–H and O–H groups in total. The molecule has 0 aromatic heterocycles. The summed E-state index contributed by atoms with van der Waals surface area (Å²) in [5.74, 6) is -0.860. The Morgan fingerprint density at radius 1 is 0.667 bits per heavy atom. The van der Waals surface area contributed by atoms with Crippen molar-refractivity contribution in [3.8, 4) is 0 Å². The van der Waals surface area contributed by atoms with Crippen molar-refractivity contribution in [3.05, 3.63) is 71.8 Å². The topological polar surface area (TPSA) is 61.8 Å². The maximum absolute atomic E-state index is 11.9. The zero-order valence-corrected chi connectivity index (χ0v) is 16.5. The van der Waals surface area contributed by atoms with Crippen LogP contribution in [0.5, 0.6) is 0 Å². The molecule has 5 nitrogen and oxygen atoms in total. The highest BCUT2D eigenvalue weighted by Crippen LogP contribution is 2.21. The van der Waals surface area contributed by atoms with Gasteiger partial charge in [-0.15, -0.1) is 0 Å². The summed E-state index contributed by atoms with van der Waals surface area (Å²) in [6.07, 6.45) is 0. The average Bonchev–Trinajstić information content (AvgIpc) is 2.72. The minimum atomic E-state index is -0.627. The molecule has 2 atom stereocenters. The van der Waals surface area contributed by atoms with Crippen LogP contribution in [-0.2, 0) is 23.8 Å². The van der Waals surface area contributed by atoms with Crippen LogP contribution in [0.15, 0.2) is 60.7 Å². The zero-order chi connectivity index (χ0) is 19.5. The normalized spacial score (nSPS) is 12.8. The lowest BCUT2D eigenvalue weighted by Gasteiger charge is -2.12. The fourth-order valence-electron chi connectivity index (χ4n) is 2.21. The zero-order valence-electron chi connectivity index (χ0n) is 14.7. The molecule has 0 radical (unpaired) electrons. The Labute approximate surface area is 169 Å². The van der Waals surface area contributed by atoms with Crippen LogP contribution in [0.1, 0.15) is 21.6 Å². The molecule has 0 spiro atoms. The second-order valence-electron chi connectivity index (χ2n) is 5.57. The first-order chi connectivity index (χ1) is 13.1. The van der Waals surface area contributed by atoms with E-state index in [1.54, 1.807) is 0 Å². The van der Waals surface area contributed by atoms with Crippen molar-refractivity contribution >= 4 is 37.2 Å². The Hall–Kier alpha value is -1.96. The van der Waals surface area contributed by atoms with Crippen molar-refractivity contribution in [2.75, 3.05) is 26.4 Å². The SMILES string of the molecule is O=C(OCCOCCOC(=O)C(S)c1ccccc1)C(S)c1ccccc1. The number of rotatable bonds is 10. The van der Waals surface area contributed by atoms with Crippen molar-refractivity contribution < 1.29 is 23.8 Å². The van der Waals surface area contributed by atoms with Gasteiger partial charge in [0.2, 0.25) is 0 Å². The number of carbonyl (C=O) groups excluding carboxylic acids is 2. The molecule has 0 aliphatic heterocycles. The highest BCUT2D eigenvalue weighted by atomic mass is 32.1. The van der Waals surface area contributed by atoms with Crippen molar-refractivity contribution in [1.82, 2.24) is 0 Å². The number of thiol groups is 2. The second-order valence-corrected chi connectivity index (χ2v) is 6.61. The van der Waals surface area contributed by atoms with E-state index in [4.69, 9.17) is 14.2 Å². The lowest BCUT2D eigenvalue weighted by molar-refractivity contribution is -0.146. The molecule has 0 aliphatic carbocycles. The largest absolute Gasteiger partial charge is 0.462 e. The lowest BCUT2D eigenvalue weighted by atomic mass is 10.1. The van der Waals surface area contributed by atoms with E-state index in [2.05, 4.69) is 25.3 Å². The predicted octanol–water partition coefficient (Wildman–Crippen LogP) is 3.43. The molecule has 2 rings (SSSR count). The van der Waals surface area contributed by atoms with Gasteiger partial charge in [0.15, 0.2) is 0 Å². The molecular formula is C20H22O5S2. The molecule has 7 heteroatoms. The summed E-state index contributed by atoms with van der Waals surface area (Å²) >= 11 is 8.53. The Bertz CT molecular complexity index is 647. The Morgan fingerprint density at radius 2 is 1.04 bits per heavy atom. The molecule has 2 unspecified atom stereocenters. The van der Waals surface area contributed by atoms with Crippen LogP contribution in [0.2, 0.25) is 0 Å². The number of benzene rings is 2. The summed E-state index contributed by atoms with van der Waals surface area (Å²) < 4.78 is 15.5. The third kappa shape index (κ3) is 7.28. The van der Waals surface area contributed by atoms with Gasteiger partial charge in [-0.2, -0.15) is 25.3 Å². The van der Waals surface area contributed by atoms with Gasteiger partial charge in [-0.25, -0.2) is 0 Å². The quantitative estimate of drug-likeness (QED) is 0.360. The van der Waals surface area contributed by atoms with Crippen molar-refractivity contribution in [2.24, 2.45) is 0 Å². The van der Waals surface area contributed by atoms with E-state index in [1.807, 2.05) is 60.7 Å². The van der Waals surface area contributed by atoms with Crippen LogP contribution in [0.4, 0.5) is 0 Å². The van der Waals surface area contributed by atoms with Crippen LogP contribution in [0, 0.1) is 0 Å². The molecule has 0 saturated carbocycles. The van der Waals surface area contributed by atoms with Crippen LogP contribution in [0.25, 0.3) is 0 Å². The predicted molar refractivity (Wildman–Crippen MR) is 109 cm³/mol. The minimum Gasteiger partial charge on any atom is -0.462 e. The van der Waals surface area contributed by atoms with Crippen LogP contribution in [-0.4, -0.2) is 38.4 Å². The van der Waals surface area contributed by atoms with Crippen molar-refractivity contribution in [1.29, 1.82) is 0 Å². The van der Waals surface area contributed by atoms with E-state index < -0.39 is 22.4 Å². The molecule has 0 bridgehead atoms. The van der Waals surface area contributed by atoms with Gasteiger partial charge < -0.3 is 14.2 Å². The average molecular weight is 407 g/mol. The van der Waals surface area contributed by atoms with Gasteiger partial charge in [0, 0.05) is 0 Å². The molecule has 2 aromatic carbocycles. The van der Waals surface area contributed by atoms with Gasteiger partial charge >= 0.3 is 11.9 Å². The monoisotopic (exact) mass is 406 g/mol. The number of hydrogen-bond donors (Lipinski definition) is 2. The molecular weight excluding hydrogens is 384 g/mol. The summed E-state index contributed by atoms with van der Waals surface area (Å²) in [5, 5.41) is -1.25. The molecule has 0 fully saturated rings. The lowest BCUT2D eigenvalue weighted by Crippen LogP contribution is -2.18. The van der Waals surface area contributed by atoms with Crippen LogP contribution >= 0.6 is 25.3 Å². The standard InChI is InChI=1S/C20H22O5S2/c21-19(17(26)15-7-3-1-4-8-15)24-13-11-23-12-14-25-20(22)18(27)16-9-5-2-6-10-16/h1-10,17-18,26-27H,11-14H2. The smallest absolute Gasteiger partial charge is 0.323 e. The van der Waals surface area contributed by atoms with Gasteiger partial charge in [0.05, 0.1) is 13.2 Å². The maximum Gasteiger partial charge on any atom is 0.323 e. The van der Waals surface area contributed by atoms with Crippen LogP contribution < -0.4 is 0 Å². The number of esters is 2. The van der Waals surface area contributed by atoms with Gasteiger partial charge in [0.1, 0.15) is 23.7 Å². The van der Waals surface area contributed by atoms with E-state index in [-0.39, 0.29) is 26.4 Å². The third-order valence-electron chi connectivity index (χ3n) is 3.62. The van der Waals surface area contributed by atoms with Crippen molar-refractivity contribution in [2.45, 2.75) is 10.5 Å². The molecule has 2 aromatic rings. The number of hydrogen-bond acceptors (Lipinski definition) is 7. The van der Waals surface area contributed by atoms with E-state index >= 15 is 0 Å². The molecule has 0 aliphatic rings. The number of ether oxygens (including phenoxy) is 3. The Balaban J connectivity index is 1.56. The van der Waals surface area contributed by atoms with Gasteiger partial charge in [-0.3, -0.25) is 9.59 Å². The second kappa shape index (κ2) is 11.7. The summed E-state index contributed by atoms with van der Waals surface area (Å²) in [5.41, 5.74) is 1.55. The molecule has 27 heavy (non-hydrogen) atoms. The highest BCUT2D eigenvalue weighted by Gasteiger charge is 2.18. The highest BCUT2D eigenvalue weighted by molar-refractivity contribution is 7.81. The Morgan fingerprint density at radius 3 is 1.41 bits per heavy atom. The van der Waals surface area contributed by atoms with E-state index in [9.17, 15) is 9.59 Å². The summed E-state index contributed by atoms with van der Waals surface area (Å²) in [7, 11) is 0.